The minimum Gasteiger partial charge on any atom is -0.440 e. The van der Waals surface area contributed by atoms with Gasteiger partial charge in [0, 0.05) is 37.6 Å². The molecule has 4 heterocycles. The van der Waals surface area contributed by atoms with Crippen LogP contribution in [0.15, 0.2) is 40.2 Å². The van der Waals surface area contributed by atoms with E-state index in [2.05, 4.69) is 25.0 Å². The van der Waals surface area contributed by atoms with E-state index in [1.807, 2.05) is 18.5 Å². The summed E-state index contributed by atoms with van der Waals surface area (Å²) in [5, 5.41) is 9.41. The number of hydrogen-bond donors (Lipinski definition) is 0. The van der Waals surface area contributed by atoms with Crippen LogP contribution in [0, 0.1) is 12.8 Å². The van der Waals surface area contributed by atoms with Crippen molar-refractivity contribution in [1.29, 1.82) is 0 Å². The predicted molar refractivity (Wildman–Crippen MR) is 143 cm³/mol. The van der Waals surface area contributed by atoms with Crippen molar-refractivity contribution >= 4 is 42.3 Å². The van der Waals surface area contributed by atoms with Gasteiger partial charge in [-0.15, -0.1) is 35.0 Å². The van der Waals surface area contributed by atoms with E-state index in [1.165, 1.54) is 18.5 Å². The number of fused-ring (bicyclic) bond motifs is 1. The Morgan fingerprint density at radius 1 is 1.08 bits per heavy atom. The zero-order valence-corrected chi connectivity index (χ0v) is 23.1. The molecular weight excluding hydrogens is 548 g/mol. The molecule has 2 unspecified atom stereocenters. The van der Waals surface area contributed by atoms with Crippen LogP contribution >= 0.6 is 36.6 Å². The maximum atomic E-state index is 12.9. The van der Waals surface area contributed by atoms with Crippen molar-refractivity contribution in [3.63, 3.8) is 0 Å². The number of aryl methyl sites for hydroxylation is 1. The van der Waals surface area contributed by atoms with Gasteiger partial charge in [0.2, 0.25) is 5.82 Å². The van der Waals surface area contributed by atoms with Gasteiger partial charge >= 0.3 is 6.18 Å². The molecule has 5 rings (SSSR count). The standard InChI is InChI=1S/C24H29F3N6OS.2ClH/c1-16-21(34-15-28-16)22-29-30-23(31(22)2)35-13-3-10-32-11-8-17-9-12-33(20(17)14-32)19-6-4-18(5-7-19)24(25,26)27;;/h4-7,15,17,20H,3,8-14H2,1-2H3;2*1H. The van der Waals surface area contributed by atoms with Crippen LogP contribution in [0.25, 0.3) is 11.6 Å². The maximum Gasteiger partial charge on any atom is 0.416 e. The third-order valence-electron chi connectivity index (χ3n) is 7.11. The van der Waals surface area contributed by atoms with Gasteiger partial charge in [0.05, 0.1) is 11.3 Å². The molecule has 7 nitrogen and oxygen atoms in total. The molecule has 0 spiro atoms. The van der Waals surface area contributed by atoms with Gasteiger partial charge in [0.1, 0.15) is 0 Å². The summed E-state index contributed by atoms with van der Waals surface area (Å²) in [4.78, 5) is 8.92. The van der Waals surface area contributed by atoms with E-state index in [0.717, 1.165) is 67.7 Å². The van der Waals surface area contributed by atoms with Crippen LogP contribution in [0.5, 0.6) is 0 Å². The summed E-state index contributed by atoms with van der Waals surface area (Å²) in [6.45, 7) is 5.81. The Morgan fingerprint density at radius 3 is 2.49 bits per heavy atom. The van der Waals surface area contributed by atoms with Crippen LogP contribution in [-0.4, -0.2) is 62.6 Å². The lowest BCUT2D eigenvalue weighted by Gasteiger charge is -2.39. The van der Waals surface area contributed by atoms with Crippen molar-refractivity contribution < 1.29 is 17.6 Å². The van der Waals surface area contributed by atoms with E-state index < -0.39 is 11.7 Å². The van der Waals surface area contributed by atoms with E-state index in [4.69, 9.17) is 4.42 Å². The van der Waals surface area contributed by atoms with Crippen molar-refractivity contribution in [2.45, 2.75) is 43.6 Å². The molecule has 13 heteroatoms. The number of rotatable bonds is 7. The number of oxazole rings is 1. The number of aromatic nitrogens is 4. The number of benzene rings is 1. The van der Waals surface area contributed by atoms with Crippen molar-refractivity contribution in [2.75, 3.05) is 36.8 Å². The lowest BCUT2D eigenvalue weighted by Crippen LogP contribution is -2.48. The van der Waals surface area contributed by atoms with Gasteiger partial charge in [-0.3, -0.25) is 0 Å². The molecule has 2 atom stereocenters. The molecule has 37 heavy (non-hydrogen) atoms. The second-order valence-electron chi connectivity index (χ2n) is 9.28. The highest BCUT2D eigenvalue weighted by Gasteiger charge is 2.38. The molecule has 3 aromatic rings. The molecule has 0 amide bonds. The highest BCUT2D eigenvalue weighted by Crippen LogP contribution is 2.37. The fourth-order valence-corrected chi connectivity index (χ4v) is 6.01. The number of halogens is 5. The minimum atomic E-state index is -4.30. The molecule has 0 bridgehead atoms. The predicted octanol–water partition coefficient (Wildman–Crippen LogP) is 5.72. The number of nitrogens with zero attached hydrogens (tertiary/aromatic N) is 6. The molecular formula is C24H31Cl2F3N6OS. The lowest BCUT2D eigenvalue weighted by atomic mass is 9.92. The van der Waals surface area contributed by atoms with Crippen LogP contribution in [-0.2, 0) is 13.2 Å². The average molecular weight is 580 g/mol. The van der Waals surface area contributed by atoms with Gasteiger partial charge in [-0.25, -0.2) is 4.98 Å². The van der Waals surface area contributed by atoms with Gasteiger partial charge in [0.25, 0.3) is 0 Å². The molecule has 2 fully saturated rings. The smallest absolute Gasteiger partial charge is 0.416 e. The summed E-state index contributed by atoms with van der Waals surface area (Å²) >= 11 is 1.68. The van der Waals surface area contributed by atoms with Crippen molar-refractivity contribution in [2.24, 2.45) is 13.0 Å². The van der Waals surface area contributed by atoms with Gasteiger partial charge < -0.3 is 18.8 Å². The number of hydrogen-bond acceptors (Lipinski definition) is 7. The SMILES string of the molecule is Cc1ncoc1-c1nnc(SCCCN2CCC3CCN(c4ccc(C(F)(F)F)cc4)C3C2)n1C.Cl.Cl. The Balaban J connectivity index is 0.00000190. The third-order valence-corrected chi connectivity index (χ3v) is 8.21. The first kappa shape index (κ1) is 29.6. The summed E-state index contributed by atoms with van der Waals surface area (Å²) in [6.07, 6.45) is 0.379. The van der Waals surface area contributed by atoms with Crippen LogP contribution in [0.4, 0.5) is 18.9 Å². The zero-order valence-electron chi connectivity index (χ0n) is 20.6. The van der Waals surface area contributed by atoms with Crippen molar-refractivity contribution in [3.05, 3.63) is 41.9 Å². The number of likely N-dealkylation sites (tertiary alicyclic amines) is 1. The minimum absolute atomic E-state index is 0. The first-order valence-electron chi connectivity index (χ1n) is 11.9. The van der Waals surface area contributed by atoms with Crippen LogP contribution in [0.1, 0.15) is 30.5 Å². The van der Waals surface area contributed by atoms with E-state index in [-0.39, 0.29) is 24.8 Å². The Morgan fingerprint density at radius 2 is 1.81 bits per heavy atom. The molecule has 2 aliphatic heterocycles. The Labute approximate surface area is 231 Å². The maximum absolute atomic E-state index is 12.9. The molecule has 0 radical (unpaired) electrons. The highest BCUT2D eigenvalue weighted by atomic mass is 35.5. The van der Waals surface area contributed by atoms with E-state index in [1.54, 1.807) is 23.9 Å². The van der Waals surface area contributed by atoms with Gasteiger partial charge in [0.15, 0.2) is 17.3 Å². The number of anilines is 1. The molecule has 0 N–H and O–H groups in total. The Kier molecular flexibility index (Phi) is 9.82. The molecule has 0 saturated carbocycles. The monoisotopic (exact) mass is 578 g/mol. The molecule has 2 aromatic heterocycles. The van der Waals surface area contributed by atoms with Gasteiger partial charge in [-0.05, 0) is 69.5 Å². The van der Waals surface area contributed by atoms with E-state index in [0.29, 0.717) is 23.5 Å². The Hall–Kier alpha value is -1.95. The molecule has 204 valence electrons. The van der Waals surface area contributed by atoms with Crippen molar-refractivity contribution in [3.8, 4) is 11.6 Å². The molecule has 2 saturated heterocycles. The zero-order chi connectivity index (χ0) is 24.6. The topological polar surface area (TPSA) is 63.2 Å². The van der Waals surface area contributed by atoms with E-state index in [9.17, 15) is 13.2 Å². The largest absolute Gasteiger partial charge is 0.440 e. The van der Waals surface area contributed by atoms with Crippen LogP contribution < -0.4 is 4.90 Å². The number of thioether (sulfide) groups is 1. The normalized spacial score (nSPS) is 19.9. The first-order chi connectivity index (χ1) is 16.8. The van der Waals surface area contributed by atoms with Gasteiger partial charge in [-0.2, -0.15) is 13.2 Å². The number of alkyl halides is 3. The second-order valence-corrected chi connectivity index (χ2v) is 10.3. The number of piperidine rings is 1. The summed E-state index contributed by atoms with van der Waals surface area (Å²) in [6, 6.07) is 6.00. The summed E-state index contributed by atoms with van der Waals surface area (Å²) in [7, 11) is 1.93. The third kappa shape index (κ3) is 6.38. The fourth-order valence-electron chi connectivity index (χ4n) is 5.18. The van der Waals surface area contributed by atoms with E-state index >= 15 is 0 Å². The molecule has 1 aromatic carbocycles. The highest BCUT2D eigenvalue weighted by molar-refractivity contribution is 7.99. The quantitative estimate of drug-likeness (QED) is 0.262. The average Bonchev–Trinajstić information content (AvgIpc) is 3.54. The van der Waals surface area contributed by atoms with Crippen LogP contribution in [0.2, 0.25) is 0 Å². The van der Waals surface area contributed by atoms with Crippen molar-refractivity contribution in [1.82, 2.24) is 24.6 Å². The first-order valence-corrected chi connectivity index (χ1v) is 12.9. The van der Waals surface area contributed by atoms with Gasteiger partial charge in [-0.1, -0.05) is 11.8 Å². The lowest BCUT2D eigenvalue weighted by molar-refractivity contribution is -0.137. The van der Waals surface area contributed by atoms with Crippen LogP contribution in [0.3, 0.4) is 0 Å². The summed E-state index contributed by atoms with van der Waals surface area (Å²) in [5.74, 6) is 2.85. The fraction of sp³-hybridized carbons (Fsp3) is 0.542. The second kappa shape index (κ2) is 12.3. The Bertz CT molecular complexity index is 1160. The molecule has 0 aliphatic carbocycles. The summed E-state index contributed by atoms with van der Waals surface area (Å²) < 4.78 is 46.2. The molecule has 2 aliphatic rings. The summed E-state index contributed by atoms with van der Waals surface area (Å²) in [5.41, 5.74) is 1.09.